The largest absolute Gasteiger partial charge is 0.300 e. The average molecular weight is 263 g/mol. The SMILES string of the molecule is CCNC(C#N)(CN1CCCC(C)(C)CC1)C1CC1. The molecule has 0 amide bonds. The van der Waals surface area contributed by atoms with Crippen LogP contribution in [0.25, 0.3) is 0 Å². The quantitative estimate of drug-likeness (QED) is 0.829. The van der Waals surface area contributed by atoms with Gasteiger partial charge in [0.2, 0.25) is 0 Å². The smallest absolute Gasteiger partial charge is 0.122 e. The molecule has 1 aliphatic heterocycles. The summed E-state index contributed by atoms with van der Waals surface area (Å²) >= 11 is 0. The van der Waals surface area contributed by atoms with E-state index < -0.39 is 0 Å². The van der Waals surface area contributed by atoms with Crippen molar-refractivity contribution < 1.29 is 0 Å². The van der Waals surface area contributed by atoms with E-state index >= 15 is 0 Å². The monoisotopic (exact) mass is 263 g/mol. The molecule has 1 saturated heterocycles. The summed E-state index contributed by atoms with van der Waals surface area (Å²) in [6.45, 7) is 11.0. The summed E-state index contributed by atoms with van der Waals surface area (Å²) in [7, 11) is 0. The highest BCUT2D eigenvalue weighted by Crippen LogP contribution is 2.40. The van der Waals surface area contributed by atoms with Crippen molar-refractivity contribution in [3.05, 3.63) is 0 Å². The topological polar surface area (TPSA) is 39.1 Å². The van der Waals surface area contributed by atoms with Crippen LogP contribution >= 0.6 is 0 Å². The van der Waals surface area contributed by atoms with Gasteiger partial charge in [-0.25, -0.2) is 0 Å². The maximum Gasteiger partial charge on any atom is 0.122 e. The zero-order valence-corrected chi connectivity index (χ0v) is 12.8. The lowest BCUT2D eigenvalue weighted by Gasteiger charge is -2.34. The molecule has 108 valence electrons. The molecule has 0 spiro atoms. The summed E-state index contributed by atoms with van der Waals surface area (Å²) in [6, 6.07) is 2.61. The third-order valence-electron chi connectivity index (χ3n) is 4.87. The molecule has 1 saturated carbocycles. The van der Waals surface area contributed by atoms with Gasteiger partial charge in [0.25, 0.3) is 0 Å². The average Bonchev–Trinajstić information content (AvgIpc) is 3.18. The first kappa shape index (κ1) is 14.8. The van der Waals surface area contributed by atoms with Crippen molar-refractivity contribution in [3.63, 3.8) is 0 Å². The Morgan fingerprint density at radius 2 is 2.05 bits per heavy atom. The Bertz CT molecular complexity index is 340. The summed E-state index contributed by atoms with van der Waals surface area (Å²) < 4.78 is 0. The third-order valence-corrected chi connectivity index (χ3v) is 4.87. The molecule has 1 heterocycles. The van der Waals surface area contributed by atoms with Gasteiger partial charge in [-0.2, -0.15) is 5.26 Å². The highest BCUT2D eigenvalue weighted by molar-refractivity contribution is 5.16. The number of rotatable bonds is 5. The van der Waals surface area contributed by atoms with Crippen LogP contribution < -0.4 is 5.32 Å². The summed E-state index contributed by atoms with van der Waals surface area (Å²) in [5.74, 6) is 0.578. The highest BCUT2D eigenvalue weighted by atomic mass is 15.2. The van der Waals surface area contributed by atoms with E-state index in [1.807, 2.05) is 0 Å². The van der Waals surface area contributed by atoms with Gasteiger partial charge in [-0.05, 0) is 63.1 Å². The second kappa shape index (κ2) is 5.81. The molecule has 3 nitrogen and oxygen atoms in total. The Hall–Kier alpha value is -0.590. The Morgan fingerprint density at radius 1 is 1.32 bits per heavy atom. The van der Waals surface area contributed by atoms with Crippen molar-refractivity contribution >= 4 is 0 Å². The molecular weight excluding hydrogens is 234 g/mol. The van der Waals surface area contributed by atoms with Crippen LogP contribution in [-0.2, 0) is 0 Å². The Balaban J connectivity index is 1.99. The van der Waals surface area contributed by atoms with Gasteiger partial charge in [0.15, 0.2) is 0 Å². The second-order valence-corrected chi connectivity index (χ2v) is 7.18. The van der Waals surface area contributed by atoms with Gasteiger partial charge in [0.05, 0.1) is 6.07 Å². The normalized spacial score (nSPS) is 27.3. The molecule has 2 fully saturated rings. The first-order chi connectivity index (χ1) is 9.01. The van der Waals surface area contributed by atoms with E-state index in [1.54, 1.807) is 0 Å². The molecule has 19 heavy (non-hydrogen) atoms. The number of likely N-dealkylation sites (N-methyl/N-ethyl adjacent to an activating group) is 1. The second-order valence-electron chi connectivity index (χ2n) is 7.18. The molecule has 0 aromatic rings. The van der Waals surface area contributed by atoms with Crippen LogP contribution in [0, 0.1) is 22.7 Å². The van der Waals surface area contributed by atoms with Crippen LogP contribution in [-0.4, -0.2) is 36.6 Å². The van der Waals surface area contributed by atoms with Crippen LogP contribution in [0.1, 0.15) is 52.9 Å². The molecule has 3 heteroatoms. The van der Waals surface area contributed by atoms with Gasteiger partial charge in [0.1, 0.15) is 5.54 Å². The number of likely N-dealkylation sites (tertiary alicyclic amines) is 1. The van der Waals surface area contributed by atoms with E-state index in [0.717, 1.165) is 26.2 Å². The molecule has 1 atom stereocenters. The van der Waals surface area contributed by atoms with Crippen LogP contribution in [0.15, 0.2) is 0 Å². The predicted octanol–water partition coefficient (Wildman–Crippen LogP) is 2.78. The van der Waals surface area contributed by atoms with Gasteiger partial charge in [-0.3, -0.25) is 5.32 Å². The van der Waals surface area contributed by atoms with Crippen molar-refractivity contribution in [3.8, 4) is 6.07 Å². The lowest BCUT2D eigenvalue weighted by Crippen LogP contribution is -2.54. The van der Waals surface area contributed by atoms with Gasteiger partial charge in [0, 0.05) is 6.54 Å². The van der Waals surface area contributed by atoms with E-state index in [9.17, 15) is 5.26 Å². The fourth-order valence-corrected chi connectivity index (χ4v) is 3.38. The number of nitrogens with one attached hydrogen (secondary N) is 1. The summed E-state index contributed by atoms with van der Waals surface area (Å²) in [6.07, 6.45) is 6.28. The fourth-order valence-electron chi connectivity index (χ4n) is 3.38. The van der Waals surface area contributed by atoms with Crippen LogP contribution in [0.4, 0.5) is 0 Å². The van der Waals surface area contributed by atoms with Crippen molar-refractivity contribution in [1.29, 1.82) is 5.26 Å². The predicted molar refractivity (Wildman–Crippen MR) is 78.8 cm³/mol. The van der Waals surface area contributed by atoms with Crippen LogP contribution in [0.3, 0.4) is 0 Å². The number of hydrogen-bond acceptors (Lipinski definition) is 3. The van der Waals surface area contributed by atoms with Gasteiger partial charge in [-0.15, -0.1) is 0 Å². The number of nitriles is 1. The molecule has 0 aromatic heterocycles. The lowest BCUT2D eigenvalue weighted by molar-refractivity contribution is 0.196. The van der Waals surface area contributed by atoms with E-state index in [1.165, 1.54) is 32.1 Å². The molecule has 0 radical (unpaired) electrons. The summed E-state index contributed by atoms with van der Waals surface area (Å²) in [5.41, 5.74) is 0.186. The minimum Gasteiger partial charge on any atom is -0.300 e. The molecule has 1 aliphatic carbocycles. The Kier molecular flexibility index (Phi) is 4.53. The van der Waals surface area contributed by atoms with E-state index in [-0.39, 0.29) is 5.54 Å². The molecule has 2 rings (SSSR count). The van der Waals surface area contributed by atoms with E-state index in [4.69, 9.17) is 0 Å². The van der Waals surface area contributed by atoms with Crippen molar-refractivity contribution in [1.82, 2.24) is 10.2 Å². The molecule has 2 aliphatic rings. The van der Waals surface area contributed by atoms with E-state index in [0.29, 0.717) is 11.3 Å². The lowest BCUT2D eigenvalue weighted by atomic mass is 9.85. The maximum absolute atomic E-state index is 9.68. The van der Waals surface area contributed by atoms with Gasteiger partial charge >= 0.3 is 0 Å². The first-order valence-corrected chi connectivity index (χ1v) is 7.90. The van der Waals surface area contributed by atoms with Crippen LogP contribution in [0.5, 0.6) is 0 Å². The maximum atomic E-state index is 9.68. The zero-order chi connectivity index (χ0) is 13.9. The molecule has 1 unspecified atom stereocenters. The first-order valence-electron chi connectivity index (χ1n) is 7.90. The number of nitrogens with zero attached hydrogens (tertiary/aromatic N) is 2. The zero-order valence-electron chi connectivity index (χ0n) is 12.8. The van der Waals surface area contributed by atoms with Gasteiger partial charge < -0.3 is 4.90 Å². The van der Waals surface area contributed by atoms with Crippen LogP contribution in [0.2, 0.25) is 0 Å². The minimum atomic E-state index is -0.288. The number of hydrogen-bond donors (Lipinski definition) is 1. The Labute approximate surface area is 118 Å². The summed E-state index contributed by atoms with van der Waals surface area (Å²) in [4.78, 5) is 2.53. The van der Waals surface area contributed by atoms with Crippen molar-refractivity contribution in [2.75, 3.05) is 26.2 Å². The third kappa shape index (κ3) is 3.70. The van der Waals surface area contributed by atoms with Crippen molar-refractivity contribution in [2.24, 2.45) is 11.3 Å². The van der Waals surface area contributed by atoms with Gasteiger partial charge in [-0.1, -0.05) is 20.8 Å². The molecule has 0 bridgehead atoms. The summed E-state index contributed by atoms with van der Waals surface area (Å²) in [5, 5.41) is 13.2. The molecule has 0 aromatic carbocycles. The minimum absolute atomic E-state index is 0.288. The highest BCUT2D eigenvalue weighted by Gasteiger charge is 2.46. The van der Waals surface area contributed by atoms with E-state index in [2.05, 4.69) is 37.1 Å². The molecule has 1 N–H and O–H groups in total. The molecular formula is C16H29N3. The fraction of sp³-hybridized carbons (Fsp3) is 0.938. The Morgan fingerprint density at radius 3 is 2.63 bits per heavy atom. The van der Waals surface area contributed by atoms with Crippen molar-refractivity contribution in [2.45, 2.75) is 58.4 Å². The standard InChI is InChI=1S/C16H29N3/c1-4-18-16(12-17,14-6-7-14)13-19-10-5-8-15(2,3)9-11-19/h14,18H,4-11,13H2,1-3H3.